The first-order valence-electron chi connectivity index (χ1n) is 6.94. The quantitative estimate of drug-likeness (QED) is 0.890. The maximum atomic E-state index is 5.84. The molecule has 2 bridgehead atoms. The second kappa shape index (κ2) is 4.81. The molecule has 3 rings (SSSR count). The molecule has 18 heavy (non-hydrogen) atoms. The van der Waals surface area contributed by atoms with E-state index in [0.29, 0.717) is 12.1 Å². The molecular formula is C15H22N2O. The van der Waals surface area contributed by atoms with E-state index in [9.17, 15) is 0 Å². The molecule has 0 radical (unpaired) electrons. The van der Waals surface area contributed by atoms with Crippen LogP contribution in [0, 0.1) is 5.92 Å². The normalized spacial score (nSPS) is 30.6. The molecule has 98 valence electrons. The first-order chi connectivity index (χ1) is 8.81. The van der Waals surface area contributed by atoms with Crippen molar-refractivity contribution in [2.24, 2.45) is 11.7 Å². The van der Waals surface area contributed by atoms with E-state index in [0.717, 1.165) is 18.2 Å². The highest BCUT2D eigenvalue weighted by molar-refractivity contribution is 5.52. The van der Waals surface area contributed by atoms with E-state index in [4.69, 9.17) is 10.5 Å². The van der Waals surface area contributed by atoms with E-state index >= 15 is 0 Å². The number of fused-ring (bicyclic) bond motifs is 2. The molecule has 1 aromatic carbocycles. The topological polar surface area (TPSA) is 38.5 Å². The first kappa shape index (κ1) is 11.8. The third-order valence-corrected chi connectivity index (χ3v) is 4.53. The van der Waals surface area contributed by atoms with Crippen LogP contribution in [-0.4, -0.2) is 25.7 Å². The third kappa shape index (κ3) is 1.97. The van der Waals surface area contributed by atoms with Crippen LogP contribution in [0.4, 0.5) is 5.69 Å². The summed E-state index contributed by atoms with van der Waals surface area (Å²) in [7, 11) is 1.71. The summed E-state index contributed by atoms with van der Waals surface area (Å²) < 4.78 is 5.23. The Balaban J connectivity index is 1.80. The van der Waals surface area contributed by atoms with Crippen molar-refractivity contribution in [1.29, 1.82) is 0 Å². The molecule has 0 saturated carbocycles. The van der Waals surface area contributed by atoms with Crippen LogP contribution in [0.5, 0.6) is 5.75 Å². The van der Waals surface area contributed by atoms with Gasteiger partial charge in [-0.25, -0.2) is 0 Å². The molecule has 2 heterocycles. The highest BCUT2D eigenvalue weighted by Crippen LogP contribution is 2.41. The highest BCUT2D eigenvalue weighted by Gasteiger charge is 2.40. The molecule has 0 amide bonds. The number of nitrogens with two attached hydrogens (primary N) is 1. The van der Waals surface area contributed by atoms with Gasteiger partial charge in [0.1, 0.15) is 5.75 Å². The maximum Gasteiger partial charge on any atom is 0.119 e. The SMILES string of the molecule is COc1ccc(N2C3CCC2CC(CN)C3)cc1. The minimum absolute atomic E-state index is 0.700. The largest absolute Gasteiger partial charge is 0.497 e. The molecule has 2 unspecified atom stereocenters. The molecule has 2 atom stereocenters. The van der Waals surface area contributed by atoms with Crippen LogP contribution in [0.15, 0.2) is 24.3 Å². The Morgan fingerprint density at radius 3 is 2.28 bits per heavy atom. The van der Waals surface area contributed by atoms with Gasteiger partial charge in [-0.3, -0.25) is 0 Å². The summed E-state index contributed by atoms with van der Waals surface area (Å²) in [5.41, 5.74) is 7.19. The molecule has 0 aromatic heterocycles. The lowest BCUT2D eigenvalue weighted by Crippen LogP contribution is -2.44. The van der Waals surface area contributed by atoms with Gasteiger partial charge in [-0.1, -0.05) is 0 Å². The third-order valence-electron chi connectivity index (χ3n) is 4.53. The minimum atomic E-state index is 0.700. The van der Waals surface area contributed by atoms with Gasteiger partial charge in [0, 0.05) is 17.8 Å². The van der Waals surface area contributed by atoms with E-state index in [2.05, 4.69) is 29.2 Å². The van der Waals surface area contributed by atoms with Crippen molar-refractivity contribution in [3.63, 3.8) is 0 Å². The first-order valence-corrected chi connectivity index (χ1v) is 6.94. The Morgan fingerprint density at radius 2 is 1.78 bits per heavy atom. The lowest BCUT2D eigenvalue weighted by molar-refractivity contribution is 0.346. The summed E-state index contributed by atoms with van der Waals surface area (Å²) in [5.74, 6) is 1.67. The minimum Gasteiger partial charge on any atom is -0.497 e. The second-order valence-electron chi connectivity index (χ2n) is 5.56. The van der Waals surface area contributed by atoms with Crippen LogP contribution in [0.3, 0.4) is 0 Å². The predicted molar refractivity (Wildman–Crippen MR) is 74.1 cm³/mol. The van der Waals surface area contributed by atoms with Crippen molar-refractivity contribution in [3.05, 3.63) is 24.3 Å². The summed E-state index contributed by atoms with van der Waals surface area (Å²) in [4.78, 5) is 2.62. The van der Waals surface area contributed by atoms with Crippen LogP contribution in [0.25, 0.3) is 0 Å². The van der Waals surface area contributed by atoms with Crippen LogP contribution in [0.2, 0.25) is 0 Å². The number of hydrogen-bond donors (Lipinski definition) is 1. The van der Waals surface area contributed by atoms with Crippen molar-refractivity contribution >= 4 is 5.69 Å². The van der Waals surface area contributed by atoms with Gasteiger partial charge in [0.05, 0.1) is 7.11 Å². The van der Waals surface area contributed by atoms with Crippen molar-refractivity contribution < 1.29 is 4.74 Å². The maximum absolute atomic E-state index is 5.84. The van der Waals surface area contributed by atoms with Gasteiger partial charge in [-0.05, 0) is 62.4 Å². The Labute approximate surface area is 109 Å². The molecule has 1 aromatic rings. The molecule has 2 aliphatic heterocycles. The summed E-state index contributed by atoms with van der Waals surface area (Å²) in [5, 5.41) is 0. The zero-order valence-corrected chi connectivity index (χ0v) is 11.0. The Morgan fingerprint density at radius 1 is 1.17 bits per heavy atom. The van der Waals surface area contributed by atoms with Crippen molar-refractivity contribution in [1.82, 2.24) is 0 Å². The summed E-state index contributed by atoms with van der Waals surface area (Å²) >= 11 is 0. The molecular weight excluding hydrogens is 224 g/mol. The average molecular weight is 246 g/mol. The van der Waals surface area contributed by atoms with Gasteiger partial charge in [-0.2, -0.15) is 0 Å². The van der Waals surface area contributed by atoms with E-state index in [1.807, 2.05) is 0 Å². The number of rotatable bonds is 3. The standard InChI is InChI=1S/C15H22N2O/c1-18-15-6-4-12(5-7-15)17-13-2-3-14(17)9-11(8-13)10-16/h4-7,11,13-14H,2-3,8-10,16H2,1H3. The lowest BCUT2D eigenvalue weighted by Gasteiger charge is -2.40. The molecule has 2 N–H and O–H groups in total. The Hall–Kier alpha value is -1.22. The number of benzene rings is 1. The van der Waals surface area contributed by atoms with Gasteiger partial charge in [0.25, 0.3) is 0 Å². The molecule has 3 nitrogen and oxygen atoms in total. The van der Waals surface area contributed by atoms with Crippen molar-refractivity contribution in [2.75, 3.05) is 18.6 Å². The van der Waals surface area contributed by atoms with Crippen LogP contribution in [-0.2, 0) is 0 Å². The number of anilines is 1. The number of piperidine rings is 1. The summed E-state index contributed by atoms with van der Waals surface area (Å²) in [6, 6.07) is 9.89. The van der Waals surface area contributed by atoms with Gasteiger partial charge < -0.3 is 15.4 Å². The fraction of sp³-hybridized carbons (Fsp3) is 0.600. The van der Waals surface area contributed by atoms with Crippen LogP contribution >= 0.6 is 0 Å². The van der Waals surface area contributed by atoms with Crippen LogP contribution in [0.1, 0.15) is 25.7 Å². The smallest absolute Gasteiger partial charge is 0.119 e. The van der Waals surface area contributed by atoms with Gasteiger partial charge in [0.2, 0.25) is 0 Å². The second-order valence-corrected chi connectivity index (χ2v) is 5.56. The highest BCUT2D eigenvalue weighted by atomic mass is 16.5. The Kier molecular flexibility index (Phi) is 3.16. The lowest BCUT2D eigenvalue weighted by atomic mass is 9.90. The molecule has 2 aliphatic rings. The van der Waals surface area contributed by atoms with Crippen LogP contribution < -0.4 is 15.4 Å². The number of hydrogen-bond acceptors (Lipinski definition) is 3. The summed E-state index contributed by atoms with van der Waals surface area (Å²) in [6.45, 7) is 0.851. The number of methoxy groups -OCH3 is 1. The van der Waals surface area contributed by atoms with E-state index in [1.54, 1.807) is 7.11 Å². The zero-order valence-electron chi connectivity index (χ0n) is 11.0. The number of ether oxygens (including phenoxy) is 1. The molecule has 2 saturated heterocycles. The molecule has 2 fully saturated rings. The summed E-state index contributed by atoms with van der Waals surface area (Å²) in [6.07, 6.45) is 5.18. The molecule has 0 aliphatic carbocycles. The zero-order chi connectivity index (χ0) is 12.5. The van der Waals surface area contributed by atoms with Gasteiger partial charge >= 0.3 is 0 Å². The van der Waals surface area contributed by atoms with E-state index in [1.165, 1.54) is 31.4 Å². The van der Waals surface area contributed by atoms with Crippen molar-refractivity contribution in [3.8, 4) is 5.75 Å². The molecule has 3 heteroatoms. The van der Waals surface area contributed by atoms with E-state index in [-0.39, 0.29) is 0 Å². The van der Waals surface area contributed by atoms with Crippen molar-refractivity contribution in [2.45, 2.75) is 37.8 Å². The predicted octanol–water partition coefficient (Wildman–Crippen LogP) is 2.40. The fourth-order valence-corrected chi connectivity index (χ4v) is 3.66. The monoisotopic (exact) mass is 246 g/mol. The fourth-order valence-electron chi connectivity index (χ4n) is 3.66. The average Bonchev–Trinajstić information content (AvgIpc) is 2.69. The molecule has 0 spiro atoms. The van der Waals surface area contributed by atoms with Gasteiger partial charge in [0.15, 0.2) is 0 Å². The van der Waals surface area contributed by atoms with Gasteiger partial charge in [-0.15, -0.1) is 0 Å². The van der Waals surface area contributed by atoms with E-state index < -0.39 is 0 Å². The number of nitrogens with zero attached hydrogens (tertiary/aromatic N) is 1. The Bertz CT molecular complexity index is 389.